The van der Waals surface area contributed by atoms with Crippen molar-refractivity contribution in [2.24, 2.45) is 5.16 Å². The van der Waals surface area contributed by atoms with Crippen LogP contribution in [0.1, 0.15) is 31.4 Å². The van der Waals surface area contributed by atoms with Crippen LogP contribution in [0.15, 0.2) is 53.7 Å². The second-order valence-electron chi connectivity index (χ2n) is 7.06. The molecule has 1 heterocycles. The molecule has 0 spiro atoms. The van der Waals surface area contributed by atoms with Crippen LogP contribution >= 0.6 is 11.6 Å². The van der Waals surface area contributed by atoms with Gasteiger partial charge in [-0.3, -0.25) is 0 Å². The lowest BCUT2D eigenvalue weighted by molar-refractivity contribution is 0.0586. The number of hydrogen-bond acceptors (Lipinski definition) is 3. The molecule has 0 fully saturated rings. The van der Waals surface area contributed by atoms with E-state index in [4.69, 9.17) is 16.4 Å². The predicted molar refractivity (Wildman–Crippen MR) is 108 cm³/mol. The largest absolute Gasteiger partial charge is 0.390 e. The van der Waals surface area contributed by atoms with Crippen molar-refractivity contribution in [1.82, 2.24) is 10.2 Å². The first-order valence-corrected chi connectivity index (χ1v) is 9.57. The molecule has 1 N–H and O–H groups in total. The first-order chi connectivity index (χ1) is 13.4. The zero-order valence-electron chi connectivity index (χ0n) is 15.9. The standard InChI is InChI=1S/C21H23ClFN3O2/c1-14(2)24-21(27)26(12-15-6-5-7-16(23)10-15)13-17-11-20(25-28-17)18-8-3-4-9-19(18)22/h3-10,14,17H,11-13H2,1-2H3,(H,24,27)/t17-/m1/s1. The summed E-state index contributed by atoms with van der Waals surface area (Å²) in [6.07, 6.45) is 0.246. The van der Waals surface area contributed by atoms with Gasteiger partial charge in [0.25, 0.3) is 0 Å². The minimum atomic E-state index is -0.330. The number of hydrogen-bond donors (Lipinski definition) is 1. The summed E-state index contributed by atoms with van der Waals surface area (Å²) in [6, 6.07) is 13.4. The number of nitrogens with zero attached hydrogens (tertiary/aromatic N) is 2. The van der Waals surface area contributed by atoms with E-state index in [2.05, 4.69) is 10.5 Å². The Morgan fingerprint density at radius 3 is 2.82 bits per heavy atom. The van der Waals surface area contributed by atoms with Crippen molar-refractivity contribution in [3.05, 3.63) is 70.5 Å². The molecule has 2 aromatic carbocycles. The minimum absolute atomic E-state index is 0.0121. The number of carbonyl (C=O) groups is 1. The molecule has 0 radical (unpaired) electrons. The van der Waals surface area contributed by atoms with E-state index in [0.717, 1.165) is 11.3 Å². The number of oxime groups is 1. The lowest BCUT2D eigenvalue weighted by Gasteiger charge is -2.26. The van der Waals surface area contributed by atoms with Crippen LogP contribution in [0, 0.1) is 5.82 Å². The Labute approximate surface area is 169 Å². The molecule has 1 aliphatic rings. The van der Waals surface area contributed by atoms with Crippen molar-refractivity contribution in [1.29, 1.82) is 0 Å². The maximum absolute atomic E-state index is 13.5. The Balaban J connectivity index is 1.69. The van der Waals surface area contributed by atoms with E-state index in [1.54, 1.807) is 23.1 Å². The number of halogens is 2. The van der Waals surface area contributed by atoms with E-state index in [1.807, 2.05) is 32.0 Å². The molecule has 5 nitrogen and oxygen atoms in total. The summed E-state index contributed by atoms with van der Waals surface area (Å²) in [7, 11) is 0. The van der Waals surface area contributed by atoms with Crippen molar-refractivity contribution < 1.29 is 14.0 Å². The van der Waals surface area contributed by atoms with Crippen LogP contribution in [0.3, 0.4) is 0 Å². The Hall–Kier alpha value is -2.60. The van der Waals surface area contributed by atoms with Crippen LogP contribution in [0.2, 0.25) is 5.02 Å². The highest BCUT2D eigenvalue weighted by molar-refractivity contribution is 6.34. The highest BCUT2D eigenvalue weighted by atomic mass is 35.5. The van der Waals surface area contributed by atoms with E-state index < -0.39 is 0 Å². The molecule has 3 rings (SSSR count). The Kier molecular flexibility index (Phi) is 6.52. The van der Waals surface area contributed by atoms with Gasteiger partial charge in [-0.05, 0) is 37.6 Å². The van der Waals surface area contributed by atoms with E-state index >= 15 is 0 Å². The molecule has 1 atom stereocenters. The van der Waals surface area contributed by atoms with E-state index in [1.165, 1.54) is 12.1 Å². The molecule has 0 aliphatic carbocycles. The summed E-state index contributed by atoms with van der Waals surface area (Å²) in [5.41, 5.74) is 2.30. The Morgan fingerprint density at radius 1 is 1.32 bits per heavy atom. The van der Waals surface area contributed by atoms with Crippen LogP contribution in [-0.4, -0.2) is 35.3 Å². The molecule has 0 aromatic heterocycles. The molecule has 148 valence electrons. The maximum atomic E-state index is 13.5. The van der Waals surface area contributed by atoms with Gasteiger partial charge in [-0.1, -0.05) is 47.1 Å². The monoisotopic (exact) mass is 403 g/mol. The van der Waals surface area contributed by atoms with Gasteiger partial charge in [0.15, 0.2) is 6.10 Å². The van der Waals surface area contributed by atoms with Gasteiger partial charge in [-0.15, -0.1) is 0 Å². The van der Waals surface area contributed by atoms with Crippen molar-refractivity contribution in [2.45, 2.75) is 39.0 Å². The molecular formula is C21H23ClFN3O2. The van der Waals surface area contributed by atoms with Crippen molar-refractivity contribution in [2.75, 3.05) is 6.54 Å². The van der Waals surface area contributed by atoms with Crippen LogP contribution in [0.5, 0.6) is 0 Å². The molecule has 7 heteroatoms. The fraction of sp³-hybridized carbons (Fsp3) is 0.333. The number of benzene rings is 2. The van der Waals surface area contributed by atoms with Gasteiger partial charge in [0.05, 0.1) is 12.3 Å². The number of urea groups is 1. The van der Waals surface area contributed by atoms with Crippen LogP contribution in [-0.2, 0) is 11.4 Å². The first-order valence-electron chi connectivity index (χ1n) is 9.20. The minimum Gasteiger partial charge on any atom is -0.390 e. The summed E-state index contributed by atoms with van der Waals surface area (Å²) in [5, 5.41) is 7.65. The van der Waals surface area contributed by atoms with Crippen LogP contribution in [0.4, 0.5) is 9.18 Å². The molecule has 0 bridgehead atoms. The maximum Gasteiger partial charge on any atom is 0.318 e. The zero-order chi connectivity index (χ0) is 20.1. The summed E-state index contributed by atoms with van der Waals surface area (Å²) in [5.74, 6) is -0.330. The van der Waals surface area contributed by atoms with Crippen LogP contribution < -0.4 is 5.32 Å². The lowest BCUT2D eigenvalue weighted by atomic mass is 10.0. The van der Waals surface area contributed by atoms with Gasteiger partial charge in [0.2, 0.25) is 0 Å². The molecule has 2 aromatic rings. The van der Waals surface area contributed by atoms with E-state index in [0.29, 0.717) is 23.6 Å². The highest BCUT2D eigenvalue weighted by Crippen LogP contribution is 2.23. The molecule has 0 saturated carbocycles. The molecule has 0 saturated heterocycles. The average molecular weight is 404 g/mol. The van der Waals surface area contributed by atoms with Crippen molar-refractivity contribution in [3.8, 4) is 0 Å². The second kappa shape index (κ2) is 9.06. The molecule has 2 amide bonds. The van der Waals surface area contributed by atoms with Gasteiger partial charge in [-0.25, -0.2) is 9.18 Å². The molecular weight excluding hydrogens is 381 g/mol. The molecule has 28 heavy (non-hydrogen) atoms. The fourth-order valence-electron chi connectivity index (χ4n) is 3.04. The van der Waals surface area contributed by atoms with E-state index in [9.17, 15) is 9.18 Å². The third-order valence-corrected chi connectivity index (χ3v) is 4.63. The Bertz CT molecular complexity index is 872. The number of carbonyl (C=O) groups excluding carboxylic acids is 1. The lowest BCUT2D eigenvalue weighted by Crippen LogP contribution is -2.45. The first kappa shape index (κ1) is 20.1. The fourth-order valence-corrected chi connectivity index (χ4v) is 3.28. The number of amides is 2. The smallest absolute Gasteiger partial charge is 0.318 e. The summed E-state index contributed by atoms with van der Waals surface area (Å²) < 4.78 is 13.5. The topological polar surface area (TPSA) is 53.9 Å². The summed E-state index contributed by atoms with van der Waals surface area (Å²) >= 11 is 6.24. The third kappa shape index (κ3) is 5.23. The number of nitrogens with one attached hydrogen (secondary N) is 1. The average Bonchev–Trinajstić information content (AvgIpc) is 3.09. The quantitative estimate of drug-likeness (QED) is 0.766. The SMILES string of the molecule is CC(C)NC(=O)N(Cc1cccc(F)c1)C[C@H]1CC(c2ccccc2Cl)=NO1. The Morgan fingerprint density at radius 2 is 2.11 bits per heavy atom. The second-order valence-corrected chi connectivity index (χ2v) is 7.47. The van der Waals surface area contributed by atoms with Gasteiger partial charge in [-0.2, -0.15) is 0 Å². The van der Waals surface area contributed by atoms with Gasteiger partial charge in [0.1, 0.15) is 5.82 Å². The summed E-state index contributed by atoms with van der Waals surface area (Å²) in [4.78, 5) is 19.8. The predicted octanol–water partition coefficient (Wildman–Crippen LogP) is 4.59. The van der Waals surface area contributed by atoms with Crippen molar-refractivity contribution >= 4 is 23.3 Å². The van der Waals surface area contributed by atoms with Crippen LogP contribution in [0.25, 0.3) is 0 Å². The van der Waals surface area contributed by atoms with E-state index in [-0.39, 0.29) is 30.5 Å². The number of rotatable bonds is 6. The van der Waals surface area contributed by atoms with Crippen molar-refractivity contribution in [3.63, 3.8) is 0 Å². The molecule has 0 unspecified atom stereocenters. The highest BCUT2D eigenvalue weighted by Gasteiger charge is 2.28. The molecule has 1 aliphatic heterocycles. The summed E-state index contributed by atoms with van der Waals surface area (Å²) in [6.45, 7) is 4.38. The van der Waals surface area contributed by atoms with Gasteiger partial charge in [0, 0.05) is 29.6 Å². The normalized spacial score (nSPS) is 15.9. The van der Waals surface area contributed by atoms with Gasteiger partial charge >= 0.3 is 6.03 Å². The third-order valence-electron chi connectivity index (χ3n) is 4.30. The van der Waals surface area contributed by atoms with Gasteiger partial charge < -0.3 is 15.1 Å². The zero-order valence-corrected chi connectivity index (χ0v) is 16.6.